The van der Waals surface area contributed by atoms with Gasteiger partial charge in [-0.25, -0.2) is 0 Å². The molecule has 1 aliphatic rings. The van der Waals surface area contributed by atoms with E-state index in [1.807, 2.05) is 37.4 Å². The van der Waals surface area contributed by atoms with E-state index in [1.165, 1.54) is 11.1 Å². The first kappa shape index (κ1) is 15.4. The van der Waals surface area contributed by atoms with Gasteiger partial charge in [0, 0.05) is 7.05 Å². The van der Waals surface area contributed by atoms with Gasteiger partial charge in [-0.15, -0.1) is 0 Å². The number of hydrogen-bond donors (Lipinski definition) is 0. The van der Waals surface area contributed by atoms with Crippen LogP contribution in [0.4, 0.5) is 0 Å². The van der Waals surface area contributed by atoms with E-state index >= 15 is 0 Å². The summed E-state index contributed by atoms with van der Waals surface area (Å²) in [5.41, 5.74) is 2.59. The fourth-order valence-corrected chi connectivity index (χ4v) is 3.09. The van der Waals surface area contributed by atoms with Crippen LogP contribution in [0.15, 0.2) is 48.5 Å². The molecule has 0 spiro atoms. The summed E-state index contributed by atoms with van der Waals surface area (Å²) in [6.07, 6.45) is 1.99. The van der Waals surface area contributed by atoms with Crippen molar-refractivity contribution >= 4 is 5.91 Å². The molecule has 0 fully saturated rings. The molecule has 0 bridgehead atoms. The lowest BCUT2D eigenvalue weighted by molar-refractivity contribution is -0.134. The zero-order chi connectivity index (χ0) is 16.2. The van der Waals surface area contributed by atoms with Crippen molar-refractivity contribution in [3.8, 4) is 11.5 Å². The third-order valence-electron chi connectivity index (χ3n) is 4.38. The third-order valence-corrected chi connectivity index (χ3v) is 4.38. The molecule has 23 heavy (non-hydrogen) atoms. The number of fused-ring (bicyclic) bond motifs is 1. The first-order valence-electron chi connectivity index (χ1n) is 7.80. The van der Waals surface area contributed by atoms with Crippen molar-refractivity contribution in [2.24, 2.45) is 0 Å². The number of hydrogen-bond acceptors (Lipinski definition) is 3. The highest BCUT2D eigenvalue weighted by atomic mass is 16.5. The number of ether oxygens (including phenoxy) is 2. The molecule has 1 aliphatic carbocycles. The van der Waals surface area contributed by atoms with Crippen LogP contribution in [-0.4, -0.2) is 31.6 Å². The van der Waals surface area contributed by atoms with Gasteiger partial charge in [0.1, 0.15) is 0 Å². The second kappa shape index (κ2) is 6.73. The Labute approximate surface area is 136 Å². The molecule has 2 aromatic carbocycles. The van der Waals surface area contributed by atoms with Crippen LogP contribution in [0, 0.1) is 0 Å². The van der Waals surface area contributed by atoms with E-state index in [-0.39, 0.29) is 18.6 Å². The minimum atomic E-state index is -0.0300. The van der Waals surface area contributed by atoms with Crippen molar-refractivity contribution in [2.45, 2.75) is 18.9 Å². The van der Waals surface area contributed by atoms with E-state index in [0.717, 1.165) is 12.8 Å². The van der Waals surface area contributed by atoms with Gasteiger partial charge in [-0.3, -0.25) is 4.79 Å². The molecular formula is C19H21NO3. The Bertz CT molecular complexity index is 699. The zero-order valence-corrected chi connectivity index (χ0v) is 13.5. The Morgan fingerprint density at radius 1 is 1.13 bits per heavy atom. The largest absolute Gasteiger partial charge is 0.493 e. The number of carbonyl (C=O) groups excluding carboxylic acids is 1. The Hall–Kier alpha value is -2.49. The third kappa shape index (κ3) is 3.16. The highest BCUT2D eigenvalue weighted by Crippen LogP contribution is 2.35. The summed E-state index contributed by atoms with van der Waals surface area (Å²) in [5.74, 6) is 1.19. The number of carbonyl (C=O) groups is 1. The first-order valence-corrected chi connectivity index (χ1v) is 7.80. The molecule has 4 heteroatoms. The quantitative estimate of drug-likeness (QED) is 0.851. The van der Waals surface area contributed by atoms with Gasteiger partial charge >= 0.3 is 0 Å². The van der Waals surface area contributed by atoms with Crippen molar-refractivity contribution in [2.75, 3.05) is 20.8 Å². The maximum Gasteiger partial charge on any atom is 0.260 e. The fourth-order valence-electron chi connectivity index (χ4n) is 3.09. The summed E-state index contributed by atoms with van der Waals surface area (Å²) >= 11 is 0. The van der Waals surface area contributed by atoms with Gasteiger partial charge in [-0.2, -0.15) is 0 Å². The van der Waals surface area contributed by atoms with Crippen molar-refractivity contribution in [1.29, 1.82) is 0 Å². The van der Waals surface area contributed by atoms with E-state index in [9.17, 15) is 4.79 Å². The smallest absolute Gasteiger partial charge is 0.260 e. The van der Waals surface area contributed by atoms with Crippen LogP contribution in [0.1, 0.15) is 23.6 Å². The Morgan fingerprint density at radius 2 is 1.83 bits per heavy atom. The van der Waals surface area contributed by atoms with E-state index in [2.05, 4.69) is 12.1 Å². The van der Waals surface area contributed by atoms with Gasteiger partial charge in [0.05, 0.1) is 13.2 Å². The normalized spacial score (nSPS) is 15.8. The number of para-hydroxylation sites is 2. The molecule has 0 N–H and O–H groups in total. The van der Waals surface area contributed by atoms with Gasteiger partial charge in [-0.1, -0.05) is 36.4 Å². The summed E-state index contributed by atoms with van der Waals surface area (Å²) in [6, 6.07) is 15.8. The fraction of sp³-hybridized carbons (Fsp3) is 0.316. The topological polar surface area (TPSA) is 38.8 Å². The van der Waals surface area contributed by atoms with Crippen LogP contribution in [-0.2, 0) is 11.2 Å². The molecule has 3 rings (SSSR count). The molecule has 1 amide bonds. The molecule has 0 saturated heterocycles. The molecule has 0 aliphatic heterocycles. The summed E-state index contributed by atoms with van der Waals surface area (Å²) < 4.78 is 10.9. The number of likely N-dealkylation sites (N-methyl/N-ethyl adjacent to an activating group) is 1. The van der Waals surface area contributed by atoms with Crippen molar-refractivity contribution in [3.05, 3.63) is 59.7 Å². The predicted molar refractivity (Wildman–Crippen MR) is 88.8 cm³/mol. The lowest BCUT2D eigenvalue weighted by Gasteiger charge is -2.25. The molecule has 1 atom stereocenters. The summed E-state index contributed by atoms with van der Waals surface area (Å²) in [5, 5.41) is 0. The maximum atomic E-state index is 12.5. The maximum absolute atomic E-state index is 12.5. The molecule has 0 radical (unpaired) electrons. The number of benzene rings is 2. The average Bonchev–Trinajstić information content (AvgIpc) is 3.03. The highest BCUT2D eigenvalue weighted by molar-refractivity contribution is 5.78. The first-order chi connectivity index (χ1) is 11.2. The van der Waals surface area contributed by atoms with Crippen LogP contribution in [0.25, 0.3) is 0 Å². The minimum Gasteiger partial charge on any atom is -0.493 e. The molecular weight excluding hydrogens is 290 g/mol. The molecule has 120 valence electrons. The van der Waals surface area contributed by atoms with Crippen LogP contribution in [0.2, 0.25) is 0 Å². The van der Waals surface area contributed by atoms with Gasteiger partial charge < -0.3 is 14.4 Å². The van der Waals surface area contributed by atoms with Gasteiger partial charge in [0.2, 0.25) is 0 Å². The number of nitrogens with zero attached hydrogens (tertiary/aromatic N) is 1. The summed E-state index contributed by atoms with van der Waals surface area (Å²) in [7, 11) is 3.44. The monoisotopic (exact) mass is 311 g/mol. The number of amides is 1. The van der Waals surface area contributed by atoms with Crippen molar-refractivity contribution in [1.82, 2.24) is 4.90 Å². The van der Waals surface area contributed by atoms with Gasteiger partial charge in [0.15, 0.2) is 18.1 Å². The summed E-state index contributed by atoms with van der Waals surface area (Å²) in [4.78, 5) is 14.3. The molecule has 0 saturated carbocycles. The predicted octanol–water partition coefficient (Wildman–Crippen LogP) is 3.22. The van der Waals surface area contributed by atoms with E-state index in [4.69, 9.17) is 9.47 Å². The van der Waals surface area contributed by atoms with E-state index < -0.39 is 0 Å². The van der Waals surface area contributed by atoms with Crippen molar-refractivity contribution < 1.29 is 14.3 Å². The molecule has 0 heterocycles. The molecule has 4 nitrogen and oxygen atoms in total. The summed E-state index contributed by atoms with van der Waals surface area (Å²) in [6.45, 7) is 0.00946. The second-order valence-electron chi connectivity index (χ2n) is 5.70. The minimum absolute atomic E-state index is 0.00946. The van der Waals surface area contributed by atoms with Gasteiger partial charge in [0.25, 0.3) is 5.91 Å². The standard InChI is InChI=1S/C19H21NO3/c1-20(16-12-11-14-7-3-4-8-15(14)16)19(21)13-23-18-10-6-5-9-17(18)22-2/h3-10,16H,11-13H2,1-2H3. The van der Waals surface area contributed by atoms with Crippen LogP contribution in [0.5, 0.6) is 11.5 Å². The highest BCUT2D eigenvalue weighted by Gasteiger charge is 2.28. The number of aryl methyl sites for hydroxylation is 1. The SMILES string of the molecule is COc1ccccc1OCC(=O)N(C)C1CCc2ccccc21. The molecule has 0 aromatic heterocycles. The van der Waals surface area contributed by atoms with E-state index in [1.54, 1.807) is 18.1 Å². The van der Waals surface area contributed by atoms with E-state index in [0.29, 0.717) is 11.5 Å². The number of methoxy groups -OCH3 is 1. The van der Waals surface area contributed by atoms with Gasteiger partial charge in [-0.05, 0) is 36.1 Å². The zero-order valence-electron chi connectivity index (χ0n) is 13.5. The van der Waals surface area contributed by atoms with Crippen molar-refractivity contribution in [3.63, 3.8) is 0 Å². The lowest BCUT2D eigenvalue weighted by atomic mass is 10.1. The molecule has 1 unspecified atom stereocenters. The molecule has 2 aromatic rings. The Kier molecular flexibility index (Phi) is 4.51. The number of rotatable bonds is 5. The average molecular weight is 311 g/mol. The Morgan fingerprint density at radius 3 is 2.61 bits per heavy atom. The lowest BCUT2D eigenvalue weighted by Crippen LogP contribution is -2.34. The Balaban J connectivity index is 1.65. The van der Waals surface area contributed by atoms with Crippen LogP contribution < -0.4 is 9.47 Å². The van der Waals surface area contributed by atoms with Crippen LogP contribution in [0.3, 0.4) is 0 Å². The second-order valence-corrected chi connectivity index (χ2v) is 5.70. The van der Waals surface area contributed by atoms with Crippen LogP contribution >= 0.6 is 0 Å².